The monoisotopic (exact) mass is 296 g/mol. The zero-order valence-corrected chi connectivity index (χ0v) is 11.7. The first-order valence-corrected chi connectivity index (χ1v) is 6.51. The first kappa shape index (κ1) is 14.6. The summed E-state index contributed by atoms with van der Waals surface area (Å²) in [6.45, 7) is 0.382. The maximum absolute atomic E-state index is 13.6. The summed E-state index contributed by atoms with van der Waals surface area (Å²) in [7, 11) is 1.44. The number of ether oxygens (including phenoxy) is 2. The quantitative estimate of drug-likeness (QED) is 0.777. The third kappa shape index (κ3) is 3.39. The van der Waals surface area contributed by atoms with E-state index in [0.29, 0.717) is 23.7 Å². The first-order valence-electron chi connectivity index (χ1n) is 6.13. The summed E-state index contributed by atoms with van der Waals surface area (Å²) in [4.78, 5) is 10.7. The molecule has 1 aliphatic rings. The predicted molar refractivity (Wildman–Crippen MR) is 75.0 cm³/mol. The molecule has 5 heteroatoms. The van der Waals surface area contributed by atoms with Gasteiger partial charge in [-0.3, -0.25) is 4.79 Å². The Morgan fingerprint density at radius 1 is 1.45 bits per heavy atom. The molecule has 1 unspecified atom stereocenters. The molecular weight excluding hydrogens is 283 g/mol. The molecule has 0 radical (unpaired) electrons. The second-order valence-electron chi connectivity index (χ2n) is 4.40. The molecule has 3 nitrogen and oxygen atoms in total. The largest absolute Gasteiger partial charge is 0.493 e. The lowest BCUT2D eigenvalue weighted by Gasteiger charge is -2.17. The van der Waals surface area contributed by atoms with Crippen LogP contribution in [0.4, 0.5) is 4.39 Å². The van der Waals surface area contributed by atoms with Crippen LogP contribution in [0.2, 0.25) is 0 Å². The van der Waals surface area contributed by atoms with Crippen LogP contribution in [-0.4, -0.2) is 20.0 Å². The molecule has 0 spiro atoms. The van der Waals surface area contributed by atoms with Crippen molar-refractivity contribution in [3.8, 4) is 11.5 Å². The first-order chi connectivity index (χ1) is 9.63. The number of allylic oxidation sites excluding steroid dienone is 3. The van der Waals surface area contributed by atoms with E-state index in [4.69, 9.17) is 21.1 Å². The smallest absolute Gasteiger partial charge is 0.164 e. The van der Waals surface area contributed by atoms with Crippen molar-refractivity contribution in [3.05, 3.63) is 46.8 Å². The lowest BCUT2D eigenvalue weighted by molar-refractivity contribution is 0.111. The van der Waals surface area contributed by atoms with Gasteiger partial charge in [0.1, 0.15) is 5.82 Å². The molecule has 0 aliphatic heterocycles. The highest BCUT2D eigenvalue weighted by Crippen LogP contribution is 2.30. The lowest BCUT2D eigenvalue weighted by Crippen LogP contribution is -2.11. The summed E-state index contributed by atoms with van der Waals surface area (Å²) in [5.74, 6) is 0.167. The highest BCUT2D eigenvalue weighted by Gasteiger charge is 2.14. The Morgan fingerprint density at radius 2 is 2.25 bits per heavy atom. The number of carbonyl (C=O) groups is 1. The Balaban J connectivity index is 2.08. The predicted octanol–water partition coefficient (Wildman–Crippen LogP) is 3.72. The summed E-state index contributed by atoms with van der Waals surface area (Å²) in [6.07, 6.45) is 6.88. The van der Waals surface area contributed by atoms with E-state index < -0.39 is 5.82 Å². The molecule has 0 saturated carbocycles. The van der Waals surface area contributed by atoms with Gasteiger partial charge in [0.25, 0.3) is 0 Å². The third-order valence-electron chi connectivity index (χ3n) is 3.01. The van der Waals surface area contributed by atoms with Crippen LogP contribution in [0, 0.1) is 11.7 Å². The molecular formula is C15H14ClFO3. The molecule has 1 aromatic rings. The summed E-state index contributed by atoms with van der Waals surface area (Å²) in [5.41, 5.74) is -0.0542. The van der Waals surface area contributed by atoms with Gasteiger partial charge in [-0.15, -0.1) is 0 Å². The average Bonchev–Trinajstić information content (AvgIpc) is 2.46. The fraction of sp³-hybridized carbons (Fsp3) is 0.267. The van der Waals surface area contributed by atoms with Crippen molar-refractivity contribution in [1.82, 2.24) is 0 Å². The number of hydrogen-bond acceptors (Lipinski definition) is 3. The average molecular weight is 297 g/mol. The zero-order chi connectivity index (χ0) is 14.5. The van der Waals surface area contributed by atoms with Crippen molar-refractivity contribution in [2.75, 3.05) is 13.7 Å². The number of benzene rings is 1. The van der Waals surface area contributed by atoms with Crippen molar-refractivity contribution in [2.45, 2.75) is 6.42 Å². The van der Waals surface area contributed by atoms with E-state index in [1.807, 2.05) is 18.2 Å². The highest BCUT2D eigenvalue weighted by atomic mass is 35.5. The van der Waals surface area contributed by atoms with Crippen LogP contribution >= 0.6 is 11.6 Å². The molecule has 1 atom stereocenters. The van der Waals surface area contributed by atoms with Gasteiger partial charge in [-0.25, -0.2) is 4.39 Å². The molecule has 1 aliphatic carbocycles. The molecule has 2 rings (SSSR count). The van der Waals surface area contributed by atoms with Crippen LogP contribution in [0.15, 0.2) is 35.4 Å². The van der Waals surface area contributed by atoms with Crippen LogP contribution in [0.25, 0.3) is 0 Å². The Bertz CT molecular complexity index is 566. The van der Waals surface area contributed by atoms with Crippen LogP contribution < -0.4 is 9.47 Å². The minimum absolute atomic E-state index is 0.0542. The molecule has 0 aromatic heterocycles. The minimum Gasteiger partial charge on any atom is -0.493 e. The van der Waals surface area contributed by atoms with E-state index in [-0.39, 0.29) is 17.2 Å². The van der Waals surface area contributed by atoms with Gasteiger partial charge in [-0.1, -0.05) is 23.8 Å². The second kappa shape index (κ2) is 6.57. The van der Waals surface area contributed by atoms with E-state index in [1.54, 1.807) is 0 Å². The standard InChI is InChI=1S/C15H14ClFO3/c1-19-14-6-11(8-18)13(17)7-15(14)20-9-10-2-4-12(16)5-3-10/h2,4-8,10H,3,9H2,1H3. The van der Waals surface area contributed by atoms with Crippen LogP contribution in [0.3, 0.4) is 0 Å². The Kier molecular flexibility index (Phi) is 4.79. The van der Waals surface area contributed by atoms with Gasteiger partial charge in [-0.05, 0) is 18.6 Å². The molecule has 0 saturated heterocycles. The van der Waals surface area contributed by atoms with Gasteiger partial charge in [-0.2, -0.15) is 0 Å². The van der Waals surface area contributed by atoms with Crippen molar-refractivity contribution >= 4 is 17.9 Å². The fourth-order valence-electron chi connectivity index (χ4n) is 1.87. The van der Waals surface area contributed by atoms with Crippen LogP contribution in [0.5, 0.6) is 11.5 Å². The van der Waals surface area contributed by atoms with E-state index in [0.717, 1.165) is 12.5 Å². The Morgan fingerprint density at radius 3 is 2.85 bits per heavy atom. The topological polar surface area (TPSA) is 35.5 Å². The number of carbonyl (C=O) groups excluding carboxylic acids is 1. The number of halogens is 2. The third-order valence-corrected chi connectivity index (χ3v) is 3.29. The van der Waals surface area contributed by atoms with Gasteiger partial charge >= 0.3 is 0 Å². The molecule has 0 N–H and O–H groups in total. The maximum atomic E-state index is 13.6. The number of hydrogen-bond donors (Lipinski definition) is 0. The fourth-order valence-corrected chi connectivity index (χ4v) is 2.03. The molecule has 0 amide bonds. The van der Waals surface area contributed by atoms with Crippen molar-refractivity contribution in [1.29, 1.82) is 0 Å². The SMILES string of the molecule is COc1cc(C=O)c(F)cc1OCC1C=CC(Cl)=CC1. The molecule has 106 valence electrons. The van der Waals surface area contributed by atoms with E-state index in [9.17, 15) is 9.18 Å². The van der Waals surface area contributed by atoms with Gasteiger partial charge in [0, 0.05) is 17.0 Å². The molecule has 20 heavy (non-hydrogen) atoms. The minimum atomic E-state index is -0.627. The van der Waals surface area contributed by atoms with Crippen molar-refractivity contribution in [2.24, 2.45) is 5.92 Å². The highest BCUT2D eigenvalue weighted by molar-refractivity contribution is 6.31. The van der Waals surface area contributed by atoms with Gasteiger partial charge in [0.15, 0.2) is 17.8 Å². The van der Waals surface area contributed by atoms with Gasteiger partial charge in [0.05, 0.1) is 19.3 Å². The van der Waals surface area contributed by atoms with Crippen LogP contribution in [-0.2, 0) is 0 Å². The maximum Gasteiger partial charge on any atom is 0.164 e. The molecule has 1 aromatic carbocycles. The molecule has 0 heterocycles. The van der Waals surface area contributed by atoms with Crippen LogP contribution in [0.1, 0.15) is 16.8 Å². The van der Waals surface area contributed by atoms with Gasteiger partial charge in [0.2, 0.25) is 0 Å². The Hall–Kier alpha value is -1.81. The lowest BCUT2D eigenvalue weighted by atomic mass is 10.0. The summed E-state index contributed by atoms with van der Waals surface area (Å²) in [6, 6.07) is 2.49. The van der Waals surface area contributed by atoms with Crippen molar-refractivity contribution in [3.63, 3.8) is 0 Å². The summed E-state index contributed by atoms with van der Waals surface area (Å²) in [5, 5.41) is 0.709. The van der Waals surface area contributed by atoms with Gasteiger partial charge < -0.3 is 9.47 Å². The van der Waals surface area contributed by atoms with Crippen molar-refractivity contribution < 1.29 is 18.7 Å². The second-order valence-corrected chi connectivity index (χ2v) is 4.83. The number of aldehydes is 1. The Labute approximate surface area is 121 Å². The number of rotatable bonds is 5. The molecule has 0 bridgehead atoms. The number of methoxy groups -OCH3 is 1. The van der Waals surface area contributed by atoms with E-state index >= 15 is 0 Å². The van der Waals surface area contributed by atoms with E-state index in [1.165, 1.54) is 13.2 Å². The normalized spacial score (nSPS) is 17.6. The summed E-state index contributed by atoms with van der Waals surface area (Å²) >= 11 is 5.83. The van der Waals surface area contributed by atoms with E-state index in [2.05, 4.69) is 0 Å². The molecule has 0 fully saturated rings. The summed E-state index contributed by atoms with van der Waals surface area (Å²) < 4.78 is 24.3. The zero-order valence-electron chi connectivity index (χ0n) is 10.9.